The molecule has 2 aromatic carbocycles. The van der Waals surface area contributed by atoms with Crippen LogP contribution >= 0.6 is 0 Å². The Labute approximate surface area is 136 Å². The lowest BCUT2D eigenvalue weighted by Crippen LogP contribution is -2.37. The molecular weight excluding hydrogens is 312 g/mol. The minimum absolute atomic E-state index is 0.0907. The van der Waals surface area contributed by atoms with Gasteiger partial charge < -0.3 is 10.2 Å². The monoisotopic (exact) mass is 332 g/mol. The van der Waals surface area contributed by atoms with Crippen molar-refractivity contribution in [2.75, 3.05) is 24.4 Å². The molecule has 0 aliphatic carbocycles. The standard InChI is InChI=1S/C17H20N2O3S/c1-14-8-10-16(11-9-14)23(21,22)13-18-17(20)12-19(2)15-6-4-3-5-7-15/h3-11H,12-13H2,1-2H3,(H,18,20). The Morgan fingerprint density at radius 3 is 2.26 bits per heavy atom. The number of amides is 1. The Morgan fingerprint density at radius 1 is 1.04 bits per heavy atom. The first-order valence-corrected chi connectivity index (χ1v) is 8.86. The van der Waals surface area contributed by atoms with E-state index in [-0.39, 0.29) is 17.3 Å². The lowest BCUT2D eigenvalue weighted by Gasteiger charge is -2.18. The Balaban J connectivity index is 1.92. The largest absolute Gasteiger partial charge is 0.365 e. The van der Waals surface area contributed by atoms with Gasteiger partial charge in [0.2, 0.25) is 5.91 Å². The second kappa shape index (κ2) is 7.28. The molecule has 0 aromatic heterocycles. The molecule has 0 fully saturated rings. The van der Waals surface area contributed by atoms with Crippen LogP contribution in [0.1, 0.15) is 5.56 Å². The molecule has 0 saturated carbocycles. The molecule has 0 unspecified atom stereocenters. The molecule has 0 saturated heterocycles. The molecule has 0 bridgehead atoms. The smallest absolute Gasteiger partial charge is 0.240 e. The number of carbonyl (C=O) groups excluding carboxylic acids is 1. The lowest BCUT2D eigenvalue weighted by molar-refractivity contribution is -0.119. The van der Waals surface area contributed by atoms with E-state index in [2.05, 4.69) is 5.32 Å². The zero-order chi connectivity index (χ0) is 16.9. The topological polar surface area (TPSA) is 66.5 Å². The van der Waals surface area contributed by atoms with Crippen molar-refractivity contribution < 1.29 is 13.2 Å². The Hall–Kier alpha value is -2.34. The molecule has 0 aliphatic rings. The molecule has 0 spiro atoms. The van der Waals surface area contributed by atoms with E-state index in [1.807, 2.05) is 37.3 Å². The number of hydrogen-bond acceptors (Lipinski definition) is 4. The number of para-hydroxylation sites is 1. The van der Waals surface area contributed by atoms with Gasteiger partial charge in [-0.1, -0.05) is 35.9 Å². The summed E-state index contributed by atoms with van der Waals surface area (Å²) in [6.07, 6.45) is 0. The summed E-state index contributed by atoms with van der Waals surface area (Å²) in [6, 6.07) is 16.0. The number of likely N-dealkylation sites (N-methyl/N-ethyl adjacent to an activating group) is 1. The van der Waals surface area contributed by atoms with E-state index < -0.39 is 15.7 Å². The van der Waals surface area contributed by atoms with Gasteiger partial charge in [-0.15, -0.1) is 0 Å². The van der Waals surface area contributed by atoms with Crippen molar-refractivity contribution in [1.29, 1.82) is 0 Å². The second-order valence-electron chi connectivity index (χ2n) is 5.36. The minimum atomic E-state index is -3.52. The number of nitrogens with one attached hydrogen (secondary N) is 1. The molecule has 2 rings (SSSR count). The summed E-state index contributed by atoms with van der Waals surface area (Å²) in [5, 5.41) is 2.47. The molecule has 122 valence electrons. The van der Waals surface area contributed by atoms with E-state index in [1.165, 1.54) is 0 Å². The van der Waals surface area contributed by atoms with Crippen molar-refractivity contribution in [2.45, 2.75) is 11.8 Å². The van der Waals surface area contributed by atoms with E-state index >= 15 is 0 Å². The molecule has 23 heavy (non-hydrogen) atoms. The maximum atomic E-state index is 12.2. The highest BCUT2D eigenvalue weighted by molar-refractivity contribution is 7.91. The van der Waals surface area contributed by atoms with Crippen LogP contribution in [-0.2, 0) is 14.6 Å². The molecule has 6 heteroatoms. The highest BCUT2D eigenvalue weighted by atomic mass is 32.2. The summed E-state index contributed by atoms with van der Waals surface area (Å²) < 4.78 is 24.4. The highest BCUT2D eigenvalue weighted by Crippen LogP contribution is 2.12. The molecule has 1 amide bonds. The van der Waals surface area contributed by atoms with Crippen LogP contribution in [0, 0.1) is 6.92 Å². The van der Waals surface area contributed by atoms with E-state index in [0.717, 1.165) is 11.3 Å². The first-order chi connectivity index (χ1) is 10.9. The van der Waals surface area contributed by atoms with E-state index in [1.54, 1.807) is 36.2 Å². The number of hydrogen-bond donors (Lipinski definition) is 1. The van der Waals surface area contributed by atoms with Gasteiger partial charge >= 0.3 is 0 Å². The average molecular weight is 332 g/mol. The average Bonchev–Trinajstić information content (AvgIpc) is 2.54. The van der Waals surface area contributed by atoms with Crippen molar-refractivity contribution >= 4 is 21.4 Å². The van der Waals surface area contributed by atoms with Gasteiger partial charge in [0.25, 0.3) is 0 Å². The van der Waals surface area contributed by atoms with Crippen LogP contribution in [0.4, 0.5) is 5.69 Å². The van der Waals surface area contributed by atoms with E-state index in [0.29, 0.717) is 0 Å². The van der Waals surface area contributed by atoms with E-state index in [9.17, 15) is 13.2 Å². The highest BCUT2D eigenvalue weighted by Gasteiger charge is 2.16. The van der Waals surface area contributed by atoms with Crippen LogP contribution in [0.3, 0.4) is 0 Å². The zero-order valence-electron chi connectivity index (χ0n) is 13.2. The van der Waals surface area contributed by atoms with Gasteiger partial charge in [-0.05, 0) is 31.2 Å². The number of nitrogens with zero attached hydrogens (tertiary/aromatic N) is 1. The number of carbonyl (C=O) groups is 1. The Morgan fingerprint density at radius 2 is 1.65 bits per heavy atom. The third-order valence-electron chi connectivity index (χ3n) is 3.42. The van der Waals surface area contributed by atoms with Gasteiger partial charge in [0.1, 0.15) is 5.88 Å². The summed E-state index contributed by atoms with van der Waals surface area (Å²) >= 11 is 0. The summed E-state index contributed by atoms with van der Waals surface area (Å²) in [7, 11) is -1.74. The number of rotatable bonds is 6. The molecule has 5 nitrogen and oxygen atoms in total. The predicted molar refractivity (Wildman–Crippen MR) is 91.1 cm³/mol. The van der Waals surface area contributed by atoms with Gasteiger partial charge in [0, 0.05) is 12.7 Å². The fourth-order valence-corrected chi connectivity index (χ4v) is 3.12. The van der Waals surface area contributed by atoms with Crippen molar-refractivity contribution in [2.24, 2.45) is 0 Å². The maximum Gasteiger partial charge on any atom is 0.240 e. The fourth-order valence-electron chi connectivity index (χ4n) is 2.05. The summed E-state index contributed by atoms with van der Waals surface area (Å²) in [5.74, 6) is -0.746. The van der Waals surface area contributed by atoms with Crippen LogP contribution in [0.25, 0.3) is 0 Å². The van der Waals surface area contributed by atoms with Gasteiger partial charge in [0.15, 0.2) is 9.84 Å². The van der Waals surface area contributed by atoms with Crippen molar-refractivity contribution in [1.82, 2.24) is 5.32 Å². The third kappa shape index (κ3) is 4.82. The SMILES string of the molecule is Cc1ccc(S(=O)(=O)CNC(=O)CN(C)c2ccccc2)cc1. The quantitative estimate of drug-likeness (QED) is 0.878. The third-order valence-corrected chi connectivity index (χ3v) is 4.93. The molecule has 0 atom stereocenters. The van der Waals surface area contributed by atoms with Gasteiger partial charge in [-0.25, -0.2) is 8.42 Å². The van der Waals surface area contributed by atoms with Crippen LogP contribution < -0.4 is 10.2 Å². The number of aryl methyl sites for hydroxylation is 1. The second-order valence-corrected chi connectivity index (χ2v) is 7.35. The van der Waals surface area contributed by atoms with Crippen molar-refractivity contribution in [3.63, 3.8) is 0 Å². The van der Waals surface area contributed by atoms with Gasteiger partial charge in [-0.3, -0.25) is 4.79 Å². The molecule has 1 N–H and O–H groups in total. The lowest BCUT2D eigenvalue weighted by atomic mass is 10.2. The maximum absolute atomic E-state index is 12.2. The number of anilines is 1. The van der Waals surface area contributed by atoms with E-state index in [4.69, 9.17) is 0 Å². The van der Waals surface area contributed by atoms with Crippen LogP contribution in [0.2, 0.25) is 0 Å². The van der Waals surface area contributed by atoms with Gasteiger partial charge in [-0.2, -0.15) is 0 Å². The van der Waals surface area contributed by atoms with Crippen molar-refractivity contribution in [3.05, 3.63) is 60.2 Å². The molecular formula is C17H20N2O3S. The normalized spacial score (nSPS) is 11.0. The summed E-state index contributed by atoms with van der Waals surface area (Å²) in [6.45, 7) is 1.98. The molecule has 0 radical (unpaired) electrons. The Bertz CT molecular complexity index is 756. The first-order valence-electron chi connectivity index (χ1n) is 7.21. The molecule has 2 aromatic rings. The van der Waals surface area contributed by atoms with Crippen LogP contribution in [-0.4, -0.2) is 33.8 Å². The zero-order valence-corrected chi connectivity index (χ0v) is 14.0. The molecule has 0 aliphatic heterocycles. The number of benzene rings is 2. The minimum Gasteiger partial charge on any atom is -0.365 e. The first kappa shape index (κ1) is 17.0. The summed E-state index contributed by atoms with van der Waals surface area (Å²) in [4.78, 5) is 13.9. The summed E-state index contributed by atoms with van der Waals surface area (Å²) in [5.41, 5.74) is 1.88. The van der Waals surface area contributed by atoms with Crippen molar-refractivity contribution in [3.8, 4) is 0 Å². The number of sulfone groups is 1. The van der Waals surface area contributed by atoms with Gasteiger partial charge in [0.05, 0.1) is 11.4 Å². The van der Waals surface area contributed by atoms with Crippen LogP contribution in [0.15, 0.2) is 59.5 Å². The van der Waals surface area contributed by atoms with Crippen LogP contribution in [0.5, 0.6) is 0 Å². The Kier molecular flexibility index (Phi) is 5.39. The molecule has 0 heterocycles. The predicted octanol–water partition coefficient (Wildman–Crippen LogP) is 1.98. The fraction of sp³-hybridized carbons (Fsp3) is 0.235.